The summed E-state index contributed by atoms with van der Waals surface area (Å²) in [5.41, 5.74) is 1.32. The van der Waals surface area contributed by atoms with Crippen molar-refractivity contribution in [2.75, 3.05) is 6.54 Å². The van der Waals surface area contributed by atoms with E-state index in [4.69, 9.17) is 19.8 Å². The number of aliphatic carboxylic acids is 2. The van der Waals surface area contributed by atoms with Crippen molar-refractivity contribution in [1.29, 1.82) is 0 Å². The fourth-order valence-corrected chi connectivity index (χ4v) is 3.09. The van der Waals surface area contributed by atoms with Gasteiger partial charge in [-0.25, -0.2) is 14.6 Å². The summed E-state index contributed by atoms with van der Waals surface area (Å²) in [5, 5.41) is 17.1. The molecule has 10 nitrogen and oxygen atoms in total. The predicted molar refractivity (Wildman–Crippen MR) is 115 cm³/mol. The Kier molecular flexibility index (Phi) is 11.0. The summed E-state index contributed by atoms with van der Waals surface area (Å²) in [6.45, 7) is 8.80. The quantitative estimate of drug-likeness (QED) is 0.502. The maximum atomic E-state index is 12.3. The first-order chi connectivity index (χ1) is 16.9. The van der Waals surface area contributed by atoms with Crippen LogP contribution in [-0.4, -0.2) is 72.4 Å². The summed E-state index contributed by atoms with van der Waals surface area (Å²) >= 11 is 0. The van der Waals surface area contributed by atoms with Gasteiger partial charge in [-0.3, -0.25) is 14.7 Å². The van der Waals surface area contributed by atoms with Gasteiger partial charge in [0.1, 0.15) is 11.5 Å². The van der Waals surface area contributed by atoms with Crippen LogP contribution in [-0.2, 0) is 22.7 Å². The van der Waals surface area contributed by atoms with Crippen molar-refractivity contribution in [3.8, 4) is 0 Å². The number of rotatable bonds is 4. The van der Waals surface area contributed by atoms with Crippen LogP contribution >= 0.6 is 0 Å². The van der Waals surface area contributed by atoms with Crippen LogP contribution in [0.1, 0.15) is 48.8 Å². The number of carboxylic acids is 2. The van der Waals surface area contributed by atoms with E-state index in [1.165, 1.54) is 0 Å². The van der Waals surface area contributed by atoms with Gasteiger partial charge in [0.2, 0.25) is 0 Å². The number of alkyl halides is 6. The Morgan fingerprint density at radius 1 is 1.05 bits per heavy atom. The number of pyridine rings is 1. The third kappa shape index (κ3) is 10.1. The zero-order valence-corrected chi connectivity index (χ0v) is 19.8. The van der Waals surface area contributed by atoms with E-state index in [2.05, 4.69) is 45.5 Å². The van der Waals surface area contributed by atoms with Gasteiger partial charge in [-0.15, -0.1) is 0 Å². The predicted octanol–water partition coefficient (Wildman–Crippen LogP) is 3.26. The van der Waals surface area contributed by atoms with Gasteiger partial charge in [0.15, 0.2) is 0 Å². The van der Waals surface area contributed by atoms with E-state index in [0.29, 0.717) is 18.3 Å². The first kappa shape index (κ1) is 31.3. The minimum atomic E-state index is -5.08. The van der Waals surface area contributed by atoms with Crippen molar-refractivity contribution >= 4 is 17.8 Å². The summed E-state index contributed by atoms with van der Waals surface area (Å²) in [6.07, 6.45) is -6.59. The third-order valence-corrected chi connectivity index (χ3v) is 4.81. The normalized spacial score (nSPS) is 15.5. The molecule has 16 heteroatoms. The highest BCUT2D eigenvalue weighted by molar-refractivity contribution is 5.92. The van der Waals surface area contributed by atoms with Crippen LogP contribution in [0.2, 0.25) is 0 Å². The number of carbonyl (C=O) groups is 3. The second-order valence-electron chi connectivity index (χ2n) is 7.79. The summed E-state index contributed by atoms with van der Waals surface area (Å²) in [7, 11) is 0. The Bertz CT molecular complexity index is 1030. The SMILES string of the molecule is CC(C)N1CCn2cc(C(=O)NCc3ccccn3)nc2C1C.O=C(O)C(F)(F)F.O=C(O)C(F)(F)F. The lowest BCUT2D eigenvalue weighted by Gasteiger charge is -2.36. The third-order valence-electron chi connectivity index (χ3n) is 4.81. The van der Waals surface area contributed by atoms with E-state index in [9.17, 15) is 31.1 Å². The fourth-order valence-electron chi connectivity index (χ4n) is 3.09. The van der Waals surface area contributed by atoms with E-state index >= 15 is 0 Å². The second kappa shape index (κ2) is 13.0. The zero-order chi connectivity index (χ0) is 28.6. The Labute approximate surface area is 206 Å². The van der Waals surface area contributed by atoms with Crippen molar-refractivity contribution in [3.05, 3.63) is 47.8 Å². The molecular weight excluding hydrogens is 516 g/mol. The van der Waals surface area contributed by atoms with E-state index in [1.807, 2.05) is 24.4 Å². The smallest absolute Gasteiger partial charge is 0.475 e. The van der Waals surface area contributed by atoms with Crippen molar-refractivity contribution in [1.82, 2.24) is 24.8 Å². The average Bonchev–Trinajstić information content (AvgIpc) is 3.23. The number of carbonyl (C=O) groups excluding carboxylic acids is 1. The molecule has 0 aromatic carbocycles. The number of fused-ring (bicyclic) bond motifs is 1. The zero-order valence-electron chi connectivity index (χ0n) is 19.8. The van der Waals surface area contributed by atoms with Crippen LogP contribution in [0, 0.1) is 0 Å². The maximum absolute atomic E-state index is 12.3. The van der Waals surface area contributed by atoms with Crippen LogP contribution in [0.3, 0.4) is 0 Å². The van der Waals surface area contributed by atoms with E-state index in [1.54, 1.807) is 6.20 Å². The first-order valence-electron chi connectivity index (χ1n) is 10.6. The minimum Gasteiger partial charge on any atom is -0.475 e. The number of nitrogens with one attached hydrogen (secondary N) is 1. The van der Waals surface area contributed by atoms with E-state index in [-0.39, 0.29) is 11.9 Å². The topological polar surface area (TPSA) is 138 Å². The summed E-state index contributed by atoms with van der Waals surface area (Å²) in [4.78, 5) is 41.3. The van der Waals surface area contributed by atoms with Crippen molar-refractivity contribution < 1.29 is 50.9 Å². The molecule has 2 aromatic rings. The molecule has 2 aromatic heterocycles. The number of aromatic nitrogens is 3. The number of hydrogen-bond acceptors (Lipinski definition) is 6. The minimum absolute atomic E-state index is 0.152. The Hall–Kier alpha value is -3.69. The molecule has 206 valence electrons. The number of imidazole rings is 1. The lowest BCUT2D eigenvalue weighted by atomic mass is 10.1. The monoisotopic (exact) mass is 541 g/mol. The van der Waals surface area contributed by atoms with Gasteiger partial charge in [-0.2, -0.15) is 26.3 Å². The molecule has 1 aliphatic rings. The number of hydrogen-bond donors (Lipinski definition) is 3. The molecule has 0 spiro atoms. The molecule has 1 atom stereocenters. The largest absolute Gasteiger partial charge is 0.490 e. The fraction of sp³-hybridized carbons (Fsp3) is 0.476. The summed E-state index contributed by atoms with van der Waals surface area (Å²) in [5.74, 6) is -4.70. The van der Waals surface area contributed by atoms with Gasteiger partial charge >= 0.3 is 24.3 Å². The lowest BCUT2D eigenvalue weighted by Crippen LogP contribution is -2.41. The molecule has 1 unspecified atom stereocenters. The second-order valence-corrected chi connectivity index (χ2v) is 7.79. The van der Waals surface area contributed by atoms with Gasteiger partial charge in [0.25, 0.3) is 5.91 Å². The van der Waals surface area contributed by atoms with Crippen LogP contribution in [0.4, 0.5) is 26.3 Å². The van der Waals surface area contributed by atoms with Crippen molar-refractivity contribution in [2.45, 2.75) is 58.3 Å². The Morgan fingerprint density at radius 2 is 1.59 bits per heavy atom. The Balaban J connectivity index is 0.000000404. The Morgan fingerprint density at radius 3 is 2.03 bits per heavy atom. The van der Waals surface area contributed by atoms with Gasteiger partial charge in [0, 0.05) is 31.5 Å². The number of amides is 1. The van der Waals surface area contributed by atoms with Gasteiger partial charge in [0.05, 0.1) is 18.3 Å². The molecule has 0 aliphatic carbocycles. The summed E-state index contributed by atoms with van der Waals surface area (Å²) in [6, 6.07) is 6.35. The highest BCUT2D eigenvalue weighted by Crippen LogP contribution is 2.26. The van der Waals surface area contributed by atoms with Crippen LogP contribution in [0.15, 0.2) is 30.6 Å². The first-order valence-corrected chi connectivity index (χ1v) is 10.6. The molecule has 3 rings (SSSR count). The van der Waals surface area contributed by atoms with Gasteiger partial charge in [-0.05, 0) is 32.9 Å². The molecule has 0 fully saturated rings. The van der Waals surface area contributed by atoms with E-state index in [0.717, 1.165) is 24.6 Å². The molecule has 0 radical (unpaired) electrons. The maximum Gasteiger partial charge on any atom is 0.490 e. The molecule has 0 bridgehead atoms. The average molecular weight is 541 g/mol. The molecule has 3 N–H and O–H groups in total. The lowest BCUT2D eigenvalue weighted by molar-refractivity contribution is -0.193. The van der Waals surface area contributed by atoms with Crippen LogP contribution in [0.25, 0.3) is 0 Å². The molecule has 1 amide bonds. The standard InChI is InChI=1S/C17H23N5O.2C2HF3O2/c1-12(2)22-9-8-21-11-15(20-16(21)13(22)3)17(23)19-10-14-6-4-5-7-18-14;2*3-2(4,5)1(6)7/h4-7,11-13H,8-10H2,1-3H3,(H,19,23);2*(H,6,7). The van der Waals surface area contributed by atoms with Crippen LogP contribution < -0.4 is 5.32 Å². The highest BCUT2D eigenvalue weighted by atomic mass is 19.4. The molecule has 37 heavy (non-hydrogen) atoms. The molecule has 3 heterocycles. The number of halogens is 6. The van der Waals surface area contributed by atoms with Crippen molar-refractivity contribution in [3.63, 3.8) is 0 Å². The number of nitrogens with zero attached hydrogens (tertiary/aromatic N) is 4. The molecule has 1 aliphatic heterocycles. The highest BCUT2D eigenvalue weighted by Gasteiger charge is 2.38. The van der Waals surface area contributed by atoms with Gasteiger partial charge in [-0.1, -0.05) is 6.07 Å². The van der Waals surface area contributed by atoms with Crippen LogP contribution in [0.5, 0.6) is 0 Å². The van der Waals surface area contributed by atoms with Gasteiger partial charge < -0.3 is 20.1 Å². The number of carboxylic acid groups (broad SMARTS) is 2. The molecule has 0 saturated heterocycles. The molecular formula is C21H25F6N5O5. The summed E-state index contributed by atoms with van der Waals surface area (Å²) < 4.78 is 65.6. The van der Waals surface area contributed by atoms with E-state index < -0.39 is 24.3 Å². The van der Waals surface area contributed by atoms with Crippen molar-refractivity contribution in [2.24, 2.45) is 0 Å². The molecule has 0 saturated carbocycles.